The van der Waals surface area contributed by atoms with Gasteiger partial charge in [0, 0.05) is 16.5 Å². The summed E-state index contributed by atoms with van der Waals surface area (Å²) >= 11 is 3.54. The van der Waals surface area contributed by atoms with E-state index in [1.807, 2.05) is 24.3 Å². The van der Waals surface area contributed by atoms with Gasteiger partial charge < -0.3 is 5.43 Å². The minimum Gasteiger partial charge on any atom is -0.307 e. The largest absolute Gasteiger partial charge is 0.307 e. The van der Waals surface area contributed by atoms with Crippen molar-refractivity contribution in [2.75, 3.05) is 5.43 Å². The van der Waals surface area contributed by atoms with Crippen molar-refractivity contribution in [3.8, 4) is 17.3 Å². The molecule has 88 valence electrons. The number of benzene rings is 1. The maximum Gasteiger partial charge on any atom is 0.158 e. The molecule has 0 bridgehead atoms. The zero-order valence-electron chi connectivity index (χ0n) is 9.37. The number of rotatable bonds is 1. The van der Waals surface area contributed by atoms with Gasteiger partial charge in [-0.05, 0) is 23.3 Å². The Bertz CT molecular complexity index is 688. The third kappa shape index (κ3) is 1.50. The number of fused-ring (bicyclic) bond motifs is 3. The van der Waals surface area contributed by atoms with E-state index in [4.69, 9.17) is 11.1 Å². The Hall–Kier alpha value is -1.90. The number of hydrogen-bond acceptors (Lipinski definition) is 4. The van der Waals surface area contributed by atoms with E-state index in [9.17, 15) is 0 Å². The quantitative estimate of drug-likeness (QED) is 0.535. The first-order valence-corrected chi connectivity index (χ1v) is 6.22. The smallest absolute Gasteiger partial charge is 0.158 e. The van der Waals surface area contributed by atoms with Crippen molar-refractivity contribution < 1.29 is 0 Å². The van der Waals surface area contributed by atoms with Crippen molar-refractivity contribution in [1.29, 1.82) is 5.26 Å². The van der Waals surface area contributed by atoms with Crippen LogP contribution in [0.3, 0.4) is 0 Å². The van der Waals surface area contributed by atoms with Crippen LogP contribution in [-0.2, 0) is 6.42 Å². The molecule has 0 atom stereocenters. The number of nitriles is 1. The average molecular weight is 301 g/mol. The molecule has 0 saturated heterocycles. The van der Waals surface area contributed by atoms with Gasteiger partial charge in [-0.1, -0.05) is 28.1 Å². The number of halogens is 1. The summed E-state index contributed by atoms with van der Waals surface area (Å²) in [7, 11) is 0. The van der Waals surface area contributed by atoms with E-state index in [0.29, 0.717) is 11.4 Å². The fourth-order valence-electron chi connectivity index (χ4n) is 2.27. The molecular formula is C13H9BrN4. The molecule has 0 radical (unpaired) electrons. The minimum absolute atomic E-state index is 0.420. The highest BCUT2D eigenvalue weighted by atomic mass is 79.9. The lowest BCUT2D eigenvalue weighted by molar-refractivity contribution is 1.18. The lowest BCUT2D eigenvalue weighted by Gasteiger charge is -2.06. The van der Waals surface area contributed by atoms with Crippen LogP contribution in [0.15, 0.2) is 28.7 Å². The lowest BCUT2D eigenvalue weighted by atomic mass is 10.1. The molecule has 1 aliphatic carbocycles. The van der Waals surface area contributed by atoms with Crippen molar-refractivity contribution in [3.63, 3.8) is 0 Å². The van der Waals surface area contributed by atoms with Crippen molar-refractivity contribution in [1.82, 2.24) is 4.98 Å². The summed E-state index contributed by atoms with van der Waals surface area (Å²) in [5, 5.41) is 9.06. The third-order valence-electron chi connectivity index (χ3n) is 3.10. The second-order valence-corrected chi connectivity index (χ2v) is 4.95. The Morgan fingerprint density at radius 2 is 2.28 bits per heavy atom. The van der Waals surface area contributed by atoms with Gasteiger partial charge in [0.1, 0.15) is 6.07 Å². The first-order valence-electron chi connectivity index (χ1n) is 5.43. The van der Waals surface area contributed by atoms with E-state index >= 15 is 0 Å². The van der Waals surface area contributed by atoms with E-state index in [-0.39, 0.29) is 0 Å². The first-order chi connectivity index (χ1) is 8.74. The van der Waals surface area contributed by atoms with Gasteiger partial charge in [-0.3, -0.25) is 0 Å². The molecule has 1 aliphatic rings. The van der Waals surface area contributed by atoms with Gasteiger partial charge in [0.15, 0.2) is 5.82 Å². The monoisotopic (exact) mass is 300 g/mol. The fraction of sp³-hybridized carbons (Fsp3) is 0.0769. The van der Waals surface area contributed by atoms with Crippen LogP contribution in [0.2, 0.25) is 0 Å². The Labute approximate surface area is 113 Å². The van der Waals surface area contributed by atoms with E-state index in [1.165, 1.54) is 5.56 Å². The SMILES string of the molecule is N#Cc1cc2c(nc1NN)-c1cccc(Br)c1C2. The molecule has 0 aliphatic heterocycles. The van der Waals surface area contributed by atoms with Gasteiger partial charge in [0.05, 0.1) is 11.3 Å². The Balaban J connectivity index is 2.26. The van der Waals surface area contributed by atoms with Crippen LogP contribution in [0.1, 0.15) is 16.7 Å². The molecule has 2 aromatic rings. The summed E-state index contributed by atoms with van der Waals surface area (Å²) in [4.78, 5) is 4.45. The van der Waals surface area contributed by atoms with Crippen LogP contribution in [0.4, 0.5) is 5.82 Å². The molecule has 1 aromatic carbocycles. The van der Waals surface area contributed by atoms with Crippen LogP contribution >= 0.6 is 15.9 Å². The molecular weight excluding hydrogens is 292 g/mol. The topological polar surface area (TPSA) is 74.7 Å². The number of hydrazine groups is 1. The molecule has 18 heavy (non-hydrogen) atoms. The van der Waals surface area contributed by atoms with Crippen LogP contribution in [-0.4, -0.2) is 4.98 Å². The number of aromatic nitrogens is 1. The second kappa shape index (κ2) is 4.09. The normalized spacial score (nSPS) is 11.6. The van der Waals surface area contributed by atoms with Crippen LogP contribution in [0.5, 0.6) is 0 Å². The zero-order chi connectivity index (χ0) is 12.7. The first kappa shape index (κ1) is 11.2. The summed E-state index contributed by atoms with van der Waals surface area (Å²) in [6, 6.07) is 9.98. The van der Waals surface area contributed by atoms with E-state index in [2.05, 4.69) is 32.4 Å². The molecule has 1 heterocycles. The van der Waals surface area contributed by atoms with Gasteiger partial charge in [0.2, 0.25) is 0 Å². The maximum absolute atomic E-state index is 9.06. The van der Waals surface area contributed by atoms with Gasteiger partial charge >= 0.3 is 0 Å². The van der Waals surface area contributed by atoms with E-state index in [0.717, 1.165) is 27.7 Å². The zero-order valence-corrected chi connectivity index (χ0v) is 11.0. The van der Waals surface area contributed by atoms with Crippen LogP contribution in [0.25, 0.3) is 11.3 Å². The van der Waals surface area contributed by atoms with Crippen LogP contribution < -0.4 is 11.3 Å². The van der Waals surface area contributed by atoms with Gasteiger partial charge in [0.25, 0.3) is 0 Å². The molecule has 3 N–H and O–H groups in total. The highest BCUT2D eigenvalue weighted by molar-refractivity contribution is 9.10. The molecule has 0 amide bonds. The third-order valence-corrected chi connectivity index (χ3v) is 3.84. The molecule has 4 nitrogen and oxygen atoms in total. The highest BCUT2D eigenvalue weighted by Crippen LogP contribution is 2.40. The number of anilines is 1. The minimum atomic E-state index is 0.420. The van der Waals surface area contributed by atoms with Gasteiger partial charge in [-0.15, -0.1) is 0 Å². The summed E-state index contributed by atoms with van der Waals surface area (Å²) < 4.78 is 1.07. The molecule has 0 spiro atoms. The molecule has 5 heteroatoms. The highest BCUT2D eigenvalue weighted by Gasteiger charge is 2.23. The number of nitrogen functional groups attached to an aromatic ring is 1. The molecule has 0 fully saturated rings. The average Bonchev–Trinajstić information content (AvgIpc) is 2.76. The standard InChI is InChI=1S/C13H9BrN4/c14-11-3-1-2-9-10(11)5-7-4-8(6-15)13(18-16)17-12(7)9/h1-4H,5,16H2,(H,17,18). The Morgan fingerprint density at radius 1 is 1.44 bits per heavy atom. The lowest BCUT2D eigenvalue weighted by Crippen LogP contribution is -2.11. The Morgan fingerprint density at radius 3 is 3.00 bits per heavy atom. The number of nitrogens with two attached hydrogens (primary N) is 1. The summed E-state index contributed by atoms with van der Waals surface area (Å²) in [6.45, 7) is 0. The summed E-state index contributed by atoms with van der Waals surface area (Å²) in [6.07, 6.45) is 0.790. The van der Waals surface area contributed by atoms with Crippen molar-refractivity contribution in [3.05, 3.63) is 45.4 Å². The van der Waals surface area contributed by atoms with Crippen molar-refractivity contribution in [2.45, 2.75) is 6.42 Å². The number of nitrogens with zero attached hydrogens (tertiary/aromatic N) is 2. The predicted molar refractivity (Wildman–Crippen MR) is 72.7 cm³/mol. The molecule has 0 saturated carbocycles. The Kier molecular flexibility index (Phi) is 2.54. The van der Waals surface area contributed by atoms with Gasteiger partial charge in [-0.25, -0.2) is 10.8 Å². The van der Waals surface area contributed by atoms with E-state index < -0.39 is 0 Å². The molecule has 0 unspecified atom stereocenters. The number of nitrogens with one attached hydrogen (secondary N) is 1. The second-order valence-electron chi connectivity index (χ2n) is 4.09. The number of hydrogen-bond donors (Lipinski definition) is 2. The van der Waals surface area contributed by atoms with E-state index in [1.54, 1.807) is 0 Å². The summed E-state index contributed by atoms with van der Waals surface area (Å²) in [5.74, 6) is 5.82. The molecule has 1 aromatic heterocycles. The summed E-state index contributed by atoms with van der Waals surface area (Å²) in [5.41, 5.74) is 7.22. The van der Waals surface area contributed by atoms with Crippen LogP contribution in [0, 0.1) is 11.3 Å². The van der Waals surface area contributed by atoms with Gasteiger partial charge in [-0.2, -0.15) is 5.26 Å². The van der Waals surface area contributed by atoms with Crippen molar-refractivity contribution in [2.24, 2.45) is 5.84 Å². The predicted octanol–water partition coefficient (Wildman–Crippen LogP) is 2.57. The fourth-order valence-corrected chi connectivity index (χ4v) is 2.77. The maximum atomic E-state index is 9.06. The van der Waals surface area contributed by atoms with Crippen molar-refractivity contribution >= 4 is 21.7 Å². The molecule has 3 rings (SSSR count). The number of pyridine rings is 1.